The highest BCUT2D eigenvalue weighted by Crippen LogP contribution is 2.36. The monoisotopic (exact) mass is 706 g/mol. The van der Waals surface area contributed by atoms with Gasteiger partial charge in [-0.3, -0.25) is 0 Å². The van der Waals surface area contributed by atoms with Gasteiger partial charge in [0.1, 0.15) is 48.4 Å². The minimum atomic E-state index is 0.252. The zero-order chi connectivity index (χ0) is 36.9. The van der Waals surface area contributed by atoms with E-state index in [2.05, 4.69) is 111 Å². The number of hydrogen-bond acceptors (Lipinski definition) is 6. The fourth-order valence-corrected chi connectivity index (χ4v) is 7.42. The maximum Gasteiger partial charge on any atom is 0.125 e. The van der Waals surface area contributed by atoms with Gasteiger partial charge in [0.15, 0.2) is 0 Å². The highest BCUT2D eigenvalue weighted by Gasteiger charge is 2.25. The van der Waals surface area contributed by atoms with Crippen LogP contribution in [0.3, 0.4) is 0 Å². The SMILES string of the molecule is Cc1cc(-c2cc(C)c(OCC3CO3)c(C)c2)cc(C)c1OCCCC(C)CCCOc1c(C)cc(-c2cc(C)c(OCC3CO3)c(C)c2)cc1C. The van der Waals surface area contributed by atoms with E-state index in [0.717, 1.165) is 97.4 Å². The van der Waals surface area contributed by atoms with Gasteiger partial charge in [-0.25, -0.2) is 0 Å². The molecule has 0 aliphatic carbocycles. The number of benzene rings is 4. The third kappa shape index (κ3) is 9.70. The summed E-state index contributed by atoms with van der Waals surface area (Å²) in [6.07, 6.45) is 4.85. The maximum absolute atomic E-state index is 6.36. The predicted octanol–water partition coefficient (Wildman–Crippen LogP) is 10.7. The number of epoxide rings is 2. The molecule has 6 heteroatoms. The quantitative estimate of drug-likeness (QED) is 0.0758. The normalized spacial score (nSPS) is 16.8. The van der Waals surface area contributed by atoms with Gasteiger partial charge in [-0.1, -0.05) is 6.92 Å². The maximum atomic E-state index is 6.36. The van der Waals surface area contributed by atoms with Crippen LogP contribution in [0.15, 0.2) is 48.5 Å². The standard InChI is InChI=1S/C46H58O6/c1-28(12-10-14-47-43-29(2)16-37(17-30(43)3)39-20-33(6)45(34(7)21-39)51-26-41-24-49-41)13-11-15-48-44-31(4)18-38(19-32(44)5)40-22-35(8)46(36(9)23-40)52-27-42-25-50-42/h16-23,28,41-42H,10-15,24-27H2,1-9H3. The van der Waals surface area contributed by atoms with Crippen molar-refractivity contribution < 1.29 is 28.4 Å². The van der Waals surface area contributed by atoms with Crippen LogP contribution < -0.4 is 18.9 Å². The third-order valence-electron chi connectivity index (χ3n) is 10.3. The van der Waals surface area contributed by atoms with Gasteiger partial charge < -0.3 is 28.4 Å². The smallest absolute Gasteiger partial charge is 0.125 e. The van der Waals surface area contributed by atoms with E-state index in [0.29, 0.717) is 19.1 Å². The molecule has 4 aromatic rings. The molecule has 0 radical (unpaired) electrons. The highest BCUT2D eigenvalue weighted by atomic mass is 16.6. The molecule has 2 aliphatic rings. The Hall–Kier alpha value is -4.00. The Morgan fingerprint density at radius 1 is 0.462 bits per heavy atom. The van der Waals surface area contributed by atoms with Crippen molar-refractivity contribution in [2.75, 3.05) is 39.6 Å². The Morgan fingerprint density at radius 3 is 0.962 bits per heavy atom. The number of ether oxygens (including phenoxy) is 6. The van der Waals surface area contributed by atoms with E-state index in [9.17, 15) is 0 Å². The summed E-state index contributed by atoms with van der Waals surface area (Å²) in [6, 6.07) is 17.9. The molecule has 2 atom stereocenters. The first-order valence-electron chi connectivity index (χ1n) is 19.2. The lowest BCUT2D eigenvalue weighted by Gasteiger charge is -2.18. The Labute approximate surface area is 311 Å². The average Bonchev–Trinajstić information content (AvgIpc) is 4.02. The fourth-order valence-electron chi connectivity index (χ4n) is 7.42. The van der Waals surface area contributed by atoms with Crippen molar-refractivity contribution in [3.05, 3.63) is 93.0 Å². The van der Waals surface area contributed by atoms with Crippen LogP contribution in [0.4, 0.5) is 0 Å². The zero-order valence-corrected chi connectivity index (χ0v) is 32.9. The molecule has 2 fully saturated rings. The van der Waals surface area contributed by atoms with E-state index >= 15 is 0 Å². The average molecular weight is 707 g/mol. The van der Waals surface area contributed by atoms with E-state index in [-0.39, 0.29) is 12.2 Å². The van der Waals surface area contributed by atoms with Crippen molar-refractivity contribution in [3.8, 4) is 45.3 Å². The summed E-state index contributed by atoms with van der Waals surface area (Å²) in [5.41, 5.74) is 14.2. The van der Waals surface area contributed by atoms with Gasteiger partial charge in [0, 0.05) is 0 Å². The molecule has 278 valence electrons. The minimum absolute atomic E-state index is 0.252. The van der Waals surface area contributed by atoms with Crippen LogP contribution in [0.5, 0.6) is 23.0 Å². The van der Waals surface area contributed by atoms with E-state index < -0.39 is 0 Å². The number of rotatable bonds is 18. The molecule has 2 heterocycles. The van der Waals surface area contributed by atoms with Gasteiger partial charge in [0.05, 0.1) is 26.4 Å². The summed E-state index contributed by atoms with van der Waals surface area (Å²) in [5.74, 6) is 4.58. The molecule has 6 rings (SSSR count). The molecule has 0 spiro atoms. The van der Waals surface area contributed by atoms with Crippen LogP contribution >= 0.6 is 0 Å². The molecule has 52 heavy (non-hydrogen) atoms. The van der Waals surface area contributed by atoms with Gasteiger partial charge in [0.2, 0.25) is 0 Å². The molecular formula is C46H58O6. The van der Waals surface area contributed by atoms with Gasteiger partial charge in [-0.05, 0) is 202 Å². The van der Waals surface area contributed by atoms with Gasteiger partial charge >= 0.3 is 0 Å². The lowest BCUT2D eigenvalue weighted by Crippen LogP contribution is -2.07. The van der Waals surface area contributed by atoms with Crippen LogP contribution in [0.1, 0.15) is 77.1 Å². The predicted molar refractivity (Wildman–Crippen MR) is 211 cm³/mol. The molecule has 2 aliphatic heterocycles. The molecule has 6 nitrogen and oxygen atoms in total. The van der Waals surface area contributed by atoms with Crippen molar-refractivity contribution >= 4 is 0 Å². The van der Waals surface area contributed by atoms with Crippen molar-refractivity contribution in [2.24, 2.45) is 5.92 Å². The Kier molecular flexibility index (Phi) is 12.2. The van der Waals surface area contributed by atoms with Gasteiger partial charge in [-0.2, -0.15) is 0 Å². The largest absolute Gasteiger partial charge is 0.493 e. The minimum Gasteiger partial charge on any atom is -0.493 e. The molecule has 0 aromatic heterocycles. The lowest BCUT2D eigenvalue weighted by molar-refractivity contribution is 0.260. The van der Waals surface area contributed by atoms with Crippen LogP contribution in [0.2, 0.25) is 0 Å². The topological polar surface area (TPSA) is 62.0 Å². The van der Waals surface area contributed by atoms with Crippen LogP contribution in [-0.2, 0) is 9.47 Å². The third-order valence-corrected chi connectivity index (χ3v) is 10.3. The fraction of sp³-hybridized carbons (Fsp3) is 0.478. The first kappa shape index (κ1) is 37.7. The lowest BCUT2D eigenvalue weighted by atomic mass is 9.96. The molecule has 0 bridgehead atoms. The summed E-state index contributed by atoms with van der Waals surface area (Å²) < 4.78 is 35.4. The Balaban J connectivity index is 0.935. The van der Waals surface area contributed by atoms with Crippen LogP contribution in [0, 0.1) is 61.3 Å². The Bertz CT molecular complexity index is 1640. The van der Waals surface area contributed by atoms with Crippen LogP contribution in [-0.4, -0.2) is 51.8 Å². The second-order valence-electron chi connectivity index (χ2n) is 15.4. The number of hydrogen-bond donors (Lipinski definition) is 0. The van der Waals surface area contributed by atoms with Crippen molar-refractivity contribution in [1.82, 2.24) is 0 Å². The molecule has 0 saturated carbocycles. The summed E-state index contributed by atoms with van der Waals surface area (Å²) >= 11 is 0. The van der Waals surface area contributed by atoms with E-state index in [4.69, 9.17) is 28.4 Å². The molecule has 0 N–H and O–H groups in total. The molecule has 0 amide bonds. The van der Waals surface area contributed by atoms with Gasteiger partial charge in [0.25, 0.3) is 0 Å². The van der Waals surface area contributed by atoms with Crippen molar-refractivity contribution in [3.63, 3.8) is 0 Å². The van der Waals surface area contributed by atoms with E-state index in [1.165, 1.54) is 44.5 Å². The summed E-state index contributed by atoms with van der Waals surface area (Å²) in [6.45, 7) is 23.8. The summed E-state index contributed by atoms with van der Waals surface area (Å²) in [5, 5.41) is 0. The zero-order valence-electron chi connectivity index (χ0n) is 32.9. The molecule has 4 aromatic carbocycles. The van der Waals surface area contributed by atoms with E-state index in [1.54, 1.807) is 0 Å². The second kappa shape index (κ2) is 16.8. The Morgan fingerprint density at radius 2 is 0.712 bits per heavy atom. The molecule has 2 saturated heterocycles. The van der Waals surface area contributed by atoms with Crippen LogP contribution in [0.25, 0.3) is 22.3 Å². The van der Waals surface area contributed by atoms with Gasteiger partial charge in [-0.15, -0.1) is 0 Å². The van der Waals surface area contributed by atoms with E-state index in [1.807, 2.05) is 0 Å². The first-order valence-corrected chi connectivity index (χ1v) is 19.2. The summed E-state index contributed by atoms with van der Waals surface area (Å²) in [7, 11) is 0. The second-order valence-corrected chi connectivity index (χ2v) is 15.4. The molecular weight excluding hydrogens is 649 g/mol. The van der Waals surface area contributed by atoms with Crippen molar-refractivity contribution in [2.45, 2.75) is 100 Å². The first-order chi connectivity index (χ1) is 25.0. The van der Waals surface area contributed by atoms with Crippen molar-refractivity contribution in [1.29, 1.82) is 0 Å². The molecule has 2 unspecified atom stereocenters. The highest BCUT2D eigenvalue weighted by molar-refractivity contribution is 5.71. The summed E-state index contributed by atoms with van der Waals surface area (Å²) in [4.78, 5) is 0. The number of aryl methyl sites for hydroxylation is 8.